The van der Waals surface area contributed by atoms with Crippen LogP contribution in [0.5, 0.6) is 11.5 Å². The highest BCUT2D eigenvalue weighted by Crippen LogP contribution is 2.34. The molecule has 17 aromatic carbocycles. The molecule has 0 spiro atoms. The first-order valence-electron chi connectivity index (χ1n) is 40.2. The highest BCUT2D eigenvalue weighted by atomic mass is 16.5. The van der Waals surface area contributed by atoms with Gasteiger partial charge in [0.25, 0.3) is 0 Å². The fourth-order valence-electron chi connectivity index (χ4n) is 12.6. The van der Waals surface area contributed by atoms with E-state index < -0.39 is 0 Å². The average Bonchev–Trinajstić information content (AvgIpc) is 0.798. The largest absolute Gasteiger partial charge is 0.457 e. The Balaban J connectivity index is 0.000000147. The summed E-state index contributed by atoms with van der Waals surface area (Å²) in [6.07, 6.45) is 0. The van der Waals surface area contributed by atoms with Gasteiger partial charge >= 0.3 is 0 Å². The van der Waals surface area contributed by atoms with Crippen molar-refractivity contribution in [2.75, 3.05) is 0 Å². The van der Waals surface area contributed by atoms with Crippen molar-refractivity contribution in [3.05, 3.63) is 560 Å². The summed E-state index contributed by atoms with van der Waals surface area (Å²) in [5.41, 5.74) is 25.4. The van der Waals surface area contributed by atoms with E-state index in [9.17, 15) is 0 Å². The predicted octanol–water partition coefficient (Wildman–Crippen LogP) is 25.9. The van der Waals surface area contributed by atoms with Crippen LogP contribution in [0.15, 0.2) is 449 Å². The molecule has 0 heterocycles. The monoisotopic (exact) mass is 1550 g/mol. The molecule has 0 radical (unpaired) electrons. The molecule has 0 fully saturated rings. The number of ether oxygens (including phenoxy) is 1. The Morgan fingerprint density at radius 1 is 0.106 bits per heavy atom. The lowest BCUT2D eigenvalue weighted by Gasteiger charge is -2.12. The summed E-state index contributed by atoms with van der Waals surface area (Å²) in [5, 5.41) is 0. The molecule has 0 N–H and O–H groups in total. The summed E-state index contributed by atoms with van der Waals surface area (Å²) >= 11 is 0. The molecular formula is C122H74O. The normalized spacial score (nSPS) is 9.63. The van der Waals surface area contributed by atoms with Gasteiger partial charge < -0.3 is 4.74 Å². The van der Waals surface area contributed by atoms with Crippen LogP contribution in [0.25, 0.3) is 33.4 Å². The predicted molar refractivity (Wildman–Crippen MR) is 506 cm³/mol. The Labute approximate surface area is 723 Å². The van der Waals surface area contributed by atoms with Gasteiger partial charge in [0.2, 0.25) is 0 Å². The van der Waals surface area contributed by atoms with Crippen LogP contribution in [0, 0.1) is 118 Å². The summed E-state index contributed by atoms with van der Waals surface area (Å²) in [6.45, 7) is 0. The zero-order chi connectivity index (χ0) is 83.3. The maximum absolute atomic E-state index is 6.37. The van der Waals surface area contributed by atoms with Crippen molar-refractivity contribution in [3.8, 4) is 163 Å². The quantitative estimate of drug-likeness (QED) is 0.156. The molecule has 568 valence electrons. The summed E-state index contributed by atoms with van der Waals surface area (Å²) in [4.78, 5) is 0. The fraction of sp³-hybridized carbons (Fsp3) is 0. The van der Waals surface area contributed by atoms with Gasteiger partial charge in [-0.15, -0.1) is 0 Å². The van der Waals surface area contributed by atoms with Crippen LogP contribution in [0.2, 0.25) is 0 Å². The van der Waals surface area contributed by atoms with E-state index in [1.807, 2.05) is 358 Å². The van der Waals surface area contributed by atoms with Crippen LogP contribution in [0.4, 0.5) is 0 Å². The summed E-state index contributed by atoms with van der Waals surface area (Å²) < 4.78 is 6.37. The smallest absolute Gasteiger partial charge is 0.128 e. The summed E-state index contributed by atoms with van der Waals surface area (Å²) in [5.74, 6) is 66.6. The zero-order valence-electron chi connectivity index (χ0n) is 67.1. The number of rotatable bonds is 5. The van der Waals surface area contributed by atoms with Crippen molar-refractivity contribution in [2.45, 2.75) is 0 Å². The maximum atomic E-state index is 6.37. The second kappa shape index (κ2) is 42.7. The molecular weight excluding hydrogens is 1480 g/mol. The molecule has 0 saturated heterocycles. The van der Waals surface area contributed by atoms with E-state index in [2.05, 4.69) is 209 Å². The van der Waals surface area contributed by atoms with E-state index >= 15 is 0 Å². The minimum Gasteiger partial charge on any atom is -0.457 e. The van der Waals surface area contributed by atoms with Crippen LogP contribution < -0.4 is 4.74 Å². The van der Waals surface area contributed by atoms with Crippen LogP contribution >= 0.6 is 0 Å². The van der Waals surface area contributed by atoms with Crippen LogP contribution in [-0.4, -0.2) is 0 Å². The van der Waals surface area contributed by atoms with Crippen molar-refractivity contribution >= 4 is 0 Å². The molecule has 0 saturated carbocycles. The Bertz CT molecular complexity index is 6560. The minimum absolute atomic E-state index is 0.655. The van der Waals surface area contributed by atoms with Gasteiger partial charge in [-0.05, 0) is 264 Å². The SMILES string of the molecule is C(#Cc1cc(C#Cc2ccccc2)cc(C#Cc2ccccc2)c1)c1ccccc1.C(#Cc1ccc(-c2cc(-c3ccc(C#Cc4ccccc4)cc3)cc(-c3ccc(C#Cc4ccccc4)cc3)c2)cc1)c1ccccc1.C(#Cc1ccc(Oc2ccc(C#Cc3ccccc3)c(C#Cc3ccccc3)c2)cc1C#Cc1ccccc1)c1ccccc1. The molecule has 0 amide bonds. The van der Waals surface area contributed by atoms with Gasteiger partial charge in [0.15, 0.2) is 0 Å². The van der Waals surface area contributed by atoms with E-state index in [4.69, 9.17) is 4.74 Å². The highest BCUT2D eigenvalue weighted by Gasteiger charge is 2.11. The standard InChI is InChI=1S/C48H30.C44H26O.C30H18/c1-4-10-37(11-5-1)16-19-40-22-28-43(29-23-40)46-34-47(44-30-24-41(25-31-44)20-17-38-12-6-2-7-13-38)36-48(35-46)45-32-26-42(27-33-45)21-18-39-14-8-3-9-15-39;1-5-13-35(14-6-1)21-25-39-29-31-43(33-41(39)27-23-37-17-9-3-10-18-37)45-44-32-30-40(26-22-36-15-7-2-8-16-36)42(34-44)28-24-38-19-11-4-12-20-38;1-4-10-25(11-5-1)16-19-28-22-29(20-17-26-12-6-2-7-13-26)24-30(23-28)21-18-27-14-8-3-9-15-27/h1-15,22-36H;1-20,29-34H;1-15,22-24H. The third-order valence-corrected chi connectivity index (χ3v) is 18.9. The van der Waals surface area contributed by atoms with Crippen LogP contribution in [-0.2, 0) is 0 Å². The zero-order valence-corrected chi connectivity index (χ0v) is 67.1. The van der Waals surface area contributed by atoms with Gasteiger partial charge in [0.05, 0.1) is 0 Å². The van der Waals surface area contributed by atoms with Gasteiger partial charge in [0, 0.05) is 111 Å². The molecule has 0 aliphatic rings. The van der Waals surface area contributed by atoms with Gasteiger partial charge in [-0.3, -0.25) is 0 Å². The second-order valence-corrected chi connectivity index (χ2v) is 28.0. The molecule has 0 atom stereocenters. The van der Waals surface area contributed by atoms with Crippen molar-refractivity contribution in [1.29, 1.82) is 0 Å². The first-order valence-corrected chi connectivity index (χ1v) is 40.2. The van der Waals surface area contributed by atoms with E-state index in [-0.39, 0.29) is 0 Å². The Hall–Kier alpha value is -17.9. The Morgan fingerprint density at radius 3 is 0.463 bits per heavy atom. The molecule has 0 aliphatic heterocycles. The lowest BCUT2D eigenvalue weighted by Crippen LogP contribution is -1.91. The van der Waals surface area contributed by atoms with Gasteiger partial charge in [-0.25, -0.2) is 0 Å². The number of benzene rings is 17. The molecule has 17 rings (SSSR count). The maximum Gasteiger partial charge on any atom is 0.128 e. The first kappa shape index (κ1) is 80.3. The molecule has 0 bridgehead atoms. The molecule has 1 nitrogen and oxygen atoms in total. The minimum atomic E-state index is 0.655. The lowest BCUT2D eigenvalue weighted by atomic mass is 9.92. The summed E-state index contributed by atoms with van der Waals surface area (Å²) in [7, 11) is 0. The summed E-state index contributed by atoms with van der Waals surface area (Å²) in [6, 6.07) is 150. The lowest BCUT2D eigenvalue weighted by molar-refractivity contribution is 0.482. The highest BCUT2D eigenvalue weighted by molar-refractivity contribution is 5.82. The van der Waals surface area contributed by atoms with E-state index in [1.165, 1.54) is 0 Å². The van der Waals surface area contributed by atoms with E-state index in [0.717, 1.165) is 145 Å². The Kier molecular flexibility index (Phi) is 27.9. The number of hydrogen-bond acceptors (Lipinski definition) is 1. The third kappa shape index (κ3) is 25.1. The van der Waals surface area contributed by atoms with Crippen molar-refractivity contribution < 1.29 is 4.74 Å². The van der Waals surface area contributed by atoms with E-state index in [1.54, 1.807) is 0 Å². The van der Waals surface area contributed by atoms with Crippen molar-refractivity contribution in [1.82, 2.24) is 0 Å². The molecule has 0 unspecified atom stereocenters. The van der Waals surface area contributed by atoms with Gasteiger partial charge in [-0.2, -0.15) is 0 Å². The van der Waals surface area contributed by atoms with Gasteiger partial charge in [0.1, 0.15) is 11.5 Å². The van der Waals surface area contributed by atoms with Crippen molar-refractivity contribution in [2.24, 2.45) is 0 Å². The fourth-order valence-corrected chi connectivity index (χ4v) is 12.6. The topological polar surface area (TPSA) is 9.23 Å². The van der Waals surface area contributed by atoms with Crippen LogP contribution in [0.3, 0.4) is 0 Å². The van der Waals surface area contributed by atoms with Crippen LogP contribution in [0.1, 0.15) is 111 Å². The van der Waals surface area contributed by atoms with E-state index in [0.29, 0.717) is 11.5 Å². The average molecular weight is 1560 g/mol. The molecule has 17 aromatic rings. The third-order valence-electron chi connectivity index (χ3n) is 18.9. The number of hydrogen-bond donors (Lipinski definition) is 0. The molecule has 123 heavy (non-hydrogen) atoms. The second-order valence-electron chi connectivity index (χ2n) is 28.0. The Morgan fingerprint density at radius 2 is 0.268 bits per heavy atom. The molecule has 0 aliphatic carbocycles. The van der Waals surface area contributed by atoms with Gasteiger partial charge in [-0.1, -0.05) is 337 Å². The van der Waals surface area contributed by atoms with Crippen molar-refractivity contribution in [3.63, 3.8) is 0 Å². The molecule has 0 aromatic heterocycles. The first-order chi connectivity index (χ1) is 60.9. The molecule has 1 heteroatoms.